The lowest BCUT2D eigenvalue weighted by atomic mass is 10.0. The van der Waals surface area contributed by atoms with Gasteiger partial charge >= 0.3 is 5.97 Å². The fourth-order valence-electron chi connectivity index (χ4n) is 1.81. The van der Waals surface area contributed by atoms with Crippen LogP contribution in [0.1, 0.15) is 29.5 Å². The molecule has 1 heterocycles. The molecule has 1 aromatic heterocycles. The highest BCUT2D eigenvalue weighted by atomic mass is 35.5. The summed E-state index contributed by atoms with van der Waals surface area (Å²) in [5, 5.41) is 13.9. The van der Waals surface area contributed by atoms with Gasteiger partial charge in [-0.3, -0.25) is 0 Å². The van der Waals surface area contributed by atoms with Crippen LogP contribution >= 0.6 is 23.2 Å². The van der Waals surface area contributed by atoms with Gasteiger partial charge in [-0.1, -0.05) is 35.3 Å². The molecule has 0 amide bonds. The standard InChI is InChI=1S/C13H11Cl2NO3/c1-2-3-10-11(13(17)18)12(16-19-10)8-5-4-7(14)6-9(8)15/h4-6H,2-3H2,1H3,(H,17,18). The highest BCUT2D eigenvalue weighted by Gasteiger charge is 2.24. The Kier molecular flexibility index (Phi) is 4.12. The minimum Gasteiger partial charge on any atom is -0.477 e. The summed E-state index contributed by atoms with van der Waals surface area (Å²) < 4.78 is 5.11. The maximum absolute atomic E-state index is 11.4. The van der Waals surface area contributed by atoms with Gasteiger partial charge in [-0.05, 0) is 24.6 Å². The van der Waals surface area contributed by atoms with E-state index < -0.39 is 5.97 Å². The van der Waals surface area contributed by atoms with Gasteiger partial charge in [-0.2, -0.15) is 0 Å². The molecule has 4 nitrogen and oxygen atoms in total. The number of aromatic nitrogens is 1. The highest BCUT2D eigenvalue weighted by molar-refractivity contribution is 6.36. The van der Waals surface area contributed by atoms with E-state index in [1.165, 1.54) is 6.07 Å². The second-order valence-corrected chi connectivity index (χ2v) is 4.85. The first-order chi connectivity index (χ1) is 9.04. The van der Waals surface area contributed by atoms with Gasteiger partial charge < -0.3 is 9.63 Å². The molecular formula is C13H11Cl2NO3. The predicted molar refractivity (Wildman–Crippen MR) is 72.9 cm³/mol. The van der Waals surface area contributed by atoms with Crippen molar-refractivity contribution in [2.24, 2.45) is 0 Å². The van der Waals surface area contributed by atoms with Crippen LogP contribution in [0.25, 0.3) is 11.3 Å². The van der Waals surface area contributed by atoms with E-state index in [1.807, 2.05) is 6.92 Å². The fraction of sp³-hybridized carbons (Fsp3) is 0.231. The molecule has 0 aliphatic heterocycles. The average molecular weight is 300 g/mol. The molecule has 0 aliphatic rings. The first kappa shape index (κ1) is 13.9. The number of aryl methyl sites for hydroxylation is 1. The molecule has 2 rings (SSSR count). The maximum atomic E-state index is 11.4. The number of halogens is 2. The average Bonchev–Trinajstić information content (AvgIpc) is 2.73. The first-order valence-corrected chi connectivity index (χ1v) is 6.47. The van der Waals surface area contributed by atoms with Gasteiger partial charge in [0.2, 0.25) is 0 Å². The van der Waals surface area contributed by atoms with E-state index in [0.717, 1.165) is 6.42 Å². The van der Waals surface area contributed by atoms with Gasteiger partial charge in [0, 0.05) is 17.0 Å². The minimum atomic E-state index is -1.08. The Labute approximate surface area is 119 Å². The summed E-state index contributed by atoms with van der Waals surface area (Å²) in [6.45, 7) is 1.93. The first-order valence-electron chi connectivity index (χ1n) is 5.71. The summed E-state index contributed by atoms with van der Waals surface area (Å²) in [6.07, 6.45) is 1.28. The molecule has 0 unspecified atom stereocenters. The molecule has 0 saturated heterocycles. The molecule has 1 aromatic carbocycles. The van der Waals surface area contributed by atoms with Crippen LogP contribution in [0.3, 0.4) is 0 Å². The number of carboxylic acids is 1. The zero-order valence-electron chi connectivity index (χ0n) is 10.1. The Morgan fingerprint density at radius 1 is 1.42 bits per heavy atom. The van der Waals surface area contributed by atoms with Crippen molar-refractivity contribution in [1.82, 2.24) is 5.16 Å². The number of rotatable bonds is 4. The highest BCUT2D eigenvalue weighted by Crippen LogP contribution is 2.33. The van der Waals surface area contributed by atoms with Crippen LogP contribution in [0.15, 0.2) is 22.7 Å². The van der Waals surface area contributed by atoms with Crippen LogP contribution in [0.4, 0.5) is 0 Å². The molecular weight excluding hydrogens is 289 g/mol. The normalized spacial score (nSPS) is 10.7. The van der Waals surface area contributed by atoms with E-state index in [0.29, 0.717) is 27.8 Å². The van der Waals surface area contributed by atoms with E-state index >= 15 is 0 Å². The second kappa shape index (κ2) is 5.63. The van der Waals surface area contributed by atoms with Crippen LogP contribution in [0.2, 0.25) is 10.0 Å². The van der Waals surface area contributed by atoms with Gasteiger partial charge in [0.05, 0.1) is 5.02 Å². The summed E-state index contributed by atoms with van der Waals surface area (Å²) in [5.41, 5.74) is 0.790. The van der Waals surface area contributed by atoms with Gasteiger partial charge in [-0.15, -0.1) is 0 Å². The molecule has 0 atom stereocenters. The predicted octanol–water partition coefficient (Wildman–Crippen LogP) is 4.30. The monoisotopic (exact) mass is 299 g/mol. The Balaban J connectivity index is 2.58. The lowest BCUT2D eigenvalue weighted by molar-refractivity contribution is 0.0695. The van der Waals surface area contributed by atoms with E-state index in [4.69, 9.17) is 27.7 Å². The van der Waals surface area contributed by atoms with Crippen molar-refractivity contribution in [3.05, 3.63) is 39.6 Å². The van der Waals surface area contributed by atoms with Crippen molar-refractivity contribution in [2.45, 2.75) is 19.8 Å². The van der Waals surface area contributed by atoms with Crippen molar-refractivity contribution in [3.8, 4) is 11.3 Å². The van der Waals surface area contributed by atoms with Crippen molar-refractivity contribution in [1.29, 1.82) is 0 Å². The summed E-state index contributed by atoms with van der Waals surface area (Å²) in [4.78, 5) is 11.4. The number of benzene rings is 1. The molecule has 0 radical (unpaired) electrons. The quantitative estimate of drug-likeness (QED) is 0.914. The zero-order valence-corrected chi connectivity index (χ0v) is 11.6. The van der Waals surface area contributed by atoms with Crippen LogP contribution < -0.4 is 0 Å². The molecule has 0 aliphatic carbocycles. The van der Waals surface area contributed by atoms with E-state index in [9.17, 15) is 9.90 Å². The Hall–Kier alpha value is -1.52. The van der Waals surface area contributed by atoms with Crippen LogP contribution in [0.5, 0.6) is 0 Å². The van der Waals surface area contributed by atoms with Crippen molar-refractivity contribution < 1.29 is 14.4 Å². The van der Waals surface area contributed by atoms with E-state index in [-0.39, 0.29) is 11.3 Å². The summed E-state index contributed by atoms with van der Waals surface area (Å²) in [6, 6.07) is 4.80. The smallest absolute Gasteiger partial charge is 0.341 e. The molecule has 0 bridgehead atoms. The number of carboxylic acid groups (broad SMARTS) is 1. The SMILES string of the molecule is CCCc1onc(-c2ccc(Cl)cc2Cl)c1C(=O)O. The lowest BCUT2D eigenvalue weighted by Gasteiger charge is -2.02. The largest absolute Gasteiger partial charge is 0.477 e. The van der Waals surface area contributed by atoms with Crippen LogP contribution in [-0.4, -0.2) is 16.2 Å². The molecule has 0 saturated carbocycles. The van der Waals surface area contributed by atoms with Crippen LogP contribution in [0, 0.1) is 0 Å². The fourth-order valence-corrected chi connectivity index (χ4v) is 2.31. The number of hydrogen-bond donors (Lipinski definition) is 1. The van der Waals surface area contributed by atoms with Crippen molar-refractivity contribution >= 4 is 29.2 Å². The summed E-state index contributed by atoms with van der Waals surface area (Å²) in [7, 11) is 0. The Morgan fingerprint density at radius 2 is 2.16 bits per heavy atom. The van der Waals surface area contributed by atoms with Crippen LogP contribution in [-0.2, 0) is 6.42 Å². The minimum absolute atomic E-state index is 0.0612. The van der Waals surface area contributed by atoms with Gasteiger partial charge in [0.25, 0.3) is 0 Å². The third kappa shape index (κ3) is 2.74. The number of carbonyl (C=O) groups is 1. The van der Waals surface area contributed by atoms with Crippen molar-refractivity contribution in [2.75, 3.05) is 0 Å². The Morgan fingerprint density at radius 3 is 2.74 bits per heavy atom. The number of nitrogens with zero attached hydrogens (tertiary/aromatic N) is 1. The molecule has 19 heavy (non-hydrogen) atoms. The van der Waals surface area contributed by atoms with Gasteiger partial charge in [0.15, 0.2) is 5.76 Å². The molecule has 100 valence electrons. The van der Waals surface area contributed by atoms with E-state index in [2.05, 4.69) is 5.16 Å². The molecule has 0 fully saturated rings. The summed E-state index contributed by atoms with van der Waals surface area (Å²) in [5.74, 6) is -0.721. The maximum Gasteiger partial charge on any atom is 0.341 e. The number of hydrogen-bond acceptors (Lipinski definition) is 3. The third-order valence-corrected chi connectivity index (χ3v) is 3.19. The summed E-state index contributed by atoms with van der Waals surface area (Å²) >= 11 is 11.9. The molecule has 0 spiro atoms. The third-order valence-electron chi connectivity index (χ3n) is 2.64. The van der Waals surface area contributed by atoms with Gasteiger partial charge in [0.1, 0.15) is 11.3 Å². The lowest BCUT2D eigenvalue weighted by Crippen LogP contribution is -2.01. The number of aromatic carboxylic acids is 1. The molecule has 6 heteroatoms. The van der Waals surface area contributed by atoms with Gasteiger partial charge in [-0.25, -0.2) is 4.79 Å². The van der Waals surface area contributed by atoms with E-state index in [1.54, 1.807) is 12.1 Å². The molecule has 1 N–H and O–H groups in total. The Bertz CT molecular complexity index is 622. The second-order valence-electron chi connectivity index (χ2n) is 4.01. The topological polar surface area (TPSA) is 63.3 Å². The zero-order chi connectivity index (χ0) is 14.0. The molecule has 2 aromatic rings. The van der Waals surface area contributed by atoms with Crippen molar-refractivity contribution in [3.63, 3.8) is 0 Å².